The quantitative estimate of drug-likeness (QED) is 0.638. The summed E-state index contributed by atoms with van der Waals surface area (Å²) >= 11 is 9.39. The average molecular weight is 309 g/mol. The molecule has 0 N–H and O–H groups in total. The Morgan fingerprint density at radius 3 is 2.76 bits per heavy atom. The molecule has 0 unspecified atom stereocenters. The van der Waals surface area contributed by atoms with Crippen LogP contribution >= 0.6 is 27.5 Å². The number of oxazole rings is 1. The predicted molar refractivity (Wildman–Crippen MR) is 72.2 cm³/mol. The summed E-state index contributed by atoms with van der Waals surface area (Å²) in [5.74, 6) is 0.592. The van der Waals surface area contributed by atoms with Crippen LogP contribution in [0.5, 0.6) is 0 Å². The van der Waals surface area contributed by atoms with Crippen LogP contribution in [0, 0.1) is 0 Å². The number of aromatic nitrogens is 1. The number of nitrogens with zero attached hydrogens (tertiary/aromatic N) is 1. The van der Waals surface area contributed by atoms with E-state index in [2.05, 4.69) is 20.9 Å². The van der Waals surface area contributed by atoms with Crippen molar-refractivity contribution in [1.82, 2.24) is 4.98 Å². The van der Waals surface area contributed by atoms with Crippen molar-refractivity contribution in [3.05, 3.63) is 52.0 Å². The number of hydrogen-bond acceptors (Lipinski definition) is 2. The zero-order chi connectivity index (χ0) is 11.8. The molecule has 0 aliphatic heterocycles. The molecule has 0 aliphatic rings. The summed E-state index contributed by atoms with van der Waals surface area (Å²) in [6.45, 7) is 0. The zero-order valence-corrected chi connectivity index (χ0v) is 11.0. The number of fused-ring (bicyclic) bond motifs is 1. The average Bonchev–Trinajstić information content (AvgIpc) is 2.72. The SMILES string of the molecule is Clc1ccc2oc(-c3ccccc3Br)nc2c1. The van der Waals surface area contributed by atoms with Crippen LogP contribution in [-0.2, 0) is 0 Å². The number of halogens is 2. The topological polar surface area (TPSA) is 26.0 Å². The Bertz CT molecular complexity index is 693. The van der Waals surface area contributed by atoms with Crippen molar-refractivity contribution in [3.63, 3.8) is 0 Å². The van der Waals surface area contributed by atoms with Gasteiger partial charge in [0.1, 0.15) is 5.52 Å². The first-order valence-corrected chi connectivity index (χ1v) is 6.22. The van der Waals surface area contributed by atoms with Crippen molar-refractivity contribution in [2.75, 3.05) is 0 Å². The Morgan fingerprint density at radius 1 is 1.12 bits per heavy atom. The zero-order valence-electron chi connectivity index (χ0n) is 8.65. The Kier molecular flexibility index (Phi) is 2.65. The number of rotatable bonds is 1. The highest BCUT2D eigenvalue weighted by atomic mass is 79.9. The van der Waals surface area contributed by atoms with E-state index in [1.807, 2.05) is 30.3 Å². The van der Waals surface area contributed by atoms with Gasteiger partial charge in [-0.15, -0.1) is 0 Å². The van der Waals surface area contributed by atoms with E-state index in [0.717, 1.165) is 21.1 Å². The maximum atomic E-state index is 5.91. The molecule has 17 heavy (non-hydrogen) atoms. The van der Waals surface area contributed by atoms with Gasteiger partial charge in [-0.2, -0.15) is 0 Å². The first-order valence-electron chi connectivity index (χ1n) is 5.05. The second-order valence-corrected chi connectivity index (χ2v) is 4.90. The van der Waals surface area contributed by atoms with Crippen LogP contribution in [0.4, 0.5) is 0 Å². The summed E-state index contributed by atoms with van der Waals surface area (Å²) in [5.41, 5.74) is 2.43. The van der Waals surface area contributed by atoms with E-state index in [4.69, 9.17) is 16.0 Å². The van der Waals surface area contributed by atoms with Gasteiger partial charge in [0, 0.05) is 9.50 Å². The number of hydrogen-bond donors (Lipinski definition) is 0. The molecule has 0 radical (unpaired) electrons. The molecule has 2 nitrogen and oxygen atoms in total. The Labute approximate surface area is 111 Å². The molecule has 0 aliphatic carbocycles. The summed E-state index contributed by atoms with van der Waals surface area (Å²) in [7, 11) is 0. The molecule has 1 heterocycles. The van der Waals surface area contributed by atoms with E-state index < -0.39 is 0 Å². The molecule has 0 fully saturated rings. The molecule has 3 aromatic rings. The van der Waals surface area contributed by atoms with Gasteiger partial charge in [-0.1, -0.05) is 23.7 Å². The van der Waals surface area contributed by atoms with Gasteiger partial charge >= 0.3 is 0 Å². The van der Waals surface area contributed by atoms with E-state index in [0.29, 0.717) is 10.9 Å². The molecule has 3 rings (SSSR count). The van der Waals surface area contributed by atoms with Crippen molar-refractivity contribution in [2.24, 2.45) is 0 Å². The highest BCUT2D eigenvalue weighted by Gasteiger charge is 2.10. The lowest BCUT2D eigenvalue weighted by Crippen LogP contribution is -1.78. The molecule has 1 aromatic heterocycles. The monoisotopic (exact) mass is 307 g/mol. The standard InChI is InChI=1S/C13H7BrClNO/c14-10-4-2-1-3-9(10)13-16-11-7-8(15)5-6-12(11)17-13/h1-7H. The van der Waals surface area contributed by atoms with Gasteiger partial charge in [0.05, 0.1) is 5.56 Å². The molecule has 0 bridgehead atoms. The molecule has 0 atom stereocenters. The Hall–Kier alpha value is -1.32. The molecule has 0 spiro atoms. The molecule has 4 heteroatoms. The third-order valence-electron chi connectivity index (χ3n) is 2.45. The summed E-state index contributed by atoms with van der Waals surface area (Å²) in [5, 5.41) is 0.657. The number of benzene rings is 2. The fraction of sp³-hybridized carbons (Fsp3) is 0. The van der Waals surface area contributed by atoms with E-state index in [1.165, 1.54) is 0 Å². The van der Waals surface area contributed by atoms with E-state index >= 15 is 0 Å². The normalized spacial score (nSPS) is 10.9. The van der Waals surface area contributed by atoms with Crippen LogP contribution in [0.15, 0.2) is 51.4 Å². The molecule has 0 saturated heterocycles. The van der Waals surface area contributed by atoms with Crippen LogP contribution in [0.1, 0.15) is 0 Å². The maximum Gasteiger partial charge on any atom is 0.228 e. The highest BCUT2D eigenvalue weighted by molar-refractivity contribution is 9.10. The van der Waals surface area contributed by atoms with Crippen molar-refractivity contribution in [3.8, 4) is 11.5 Å². The Balaban J connectivity index is 2.22. The van der Waals surface area contributed by atoms with Crippen LogP contribution in [0.25, 0.3) is 22.6 Å². The minimum atomic E-state index is 0.592. The molecule has 84 valence electrons. The Morgan fingerprint density at radius 2 is 1.94 bits per heavy atom. The van der Waals surface area contributed by atoms with Gasteiger partial charge in [0.15, 0.2) is 5.58 Å². The van der Waals surface area contributed by atoms with Gasteiger partial charge in [-0.3, -0.25) is 0 Å². The van der Waals surface area contributed by atoms with Crippen LogP contribution in [0.3, 0.4) is 0 Å². The lowest BCUT2D eigenvalue weighted by atomic mass is 10.2. The molecular weight excluding hydrogens is 302 g/mol. The van der Waals surface area contributed by atoms with Gasteiger partial charge in [0.25, 0.3) is 0 Å². The van der Waals surface area contributed by atoms with Gasteiger partial charge in [-0.25, -0.2) is 4.98 Å². The minimum absolute atomic E-state index is 0.592. The van der Waals surface area contributed by atoms with Crippen LogP contribution < -0.4 is 0 Å². The van der Waals surface area contributed by atoms with E-state index in [-0.39, 0.29) is 0 Å². The van der Waals surface area contributed by atoms with E-state index in [1.54, 1.807) is 12.1 Å². The molecular formula is C13H7BrClNO. The predicted octanol–water partition coefficient (Wildman–Crippen LogP) is 4.91. The lowest BCUT2D eigenvalue weighted by molar-refractivity contribution is 0.619. The lowest BCUT2D eigenvalue weighted by Gasteiger charge is -1.97. The third kappa shape index (κ3) is 1.96. The summed E-state index contributed by atoms with van der Waals surface area (Å²) in [6.07, 6.45) is 0. The summed E-state index contributed by atoms with van der Waals surface area (Å²) in [4.78, 5) is 4.42. The summed E-state index contributed by atoms with van der Waals surface area (Å²) < 4.78 is 6.65. The fourth-order valence-electron chi connectivity index (χ4n) is 1.65. The maximum absolute atomic E-state index is 5.91. The van der Waals surface area contributed by atoms with Crippen molar-refractivity contribution in [2.45, 2.75) is 0 Å². The summed E-state index contributed by atoms with van der Waals surface area (Å²) in [6, 6.07) is 13.2. The van der Waals surface area contributed by atoms with Gasteiger partial charge < -0.3 is 4.42 Å². The molecule has 2 aromatic carbocycles. The van der Waals surface area contributed by atoms with Crippen molar-refractivity contribution < 1.29 is 4.42 Å². The van der Waals surface area contributed by atoms with E-state index in [9.17, 15) is 0 Å². The second kappa shape index (κ2) is 4.17. The first-order chi connectivity index (χ1) is 8.24. The molecule has 0 saturated carbocycles. The third-order valence-corrected chi connectivity index (χ3v) is 3.38. The smallest absolute Gasteiger partial charge is 0.228 e. The van der Waals surface area contributed by atoms with Crippen LogP contribution in [0.2, 0.25) is 5.02 Å². The highest BCUT2D eigenvalue weighted by Crippen LogP contribution is 2.30. The largest absolute Gasteiger partial charge is 0.436 e. The second-order valence-electron chi connectivity index (χ2n) is 3.61. The van der Waals surface area contributed by atoms with Crippen molar-refractivity contribution in [1.29, 1.82) is 0 Å². The van der Waals surface area contributed by atoms with Gasteiger partial charge in [0.2, 0.25) is 5.89 Å². The first kappa shape index (κ1) is 10.8. The minimum Gasteiger partial charge on any atom is -0.436 e. The van der Waals surface area contributed by atoms with Crippen LogP contribution in [-0.4, -0.2) is 4.98 Å². The van der Waals surface area contributed by atoms with Crippen molar-refractivity contribution >= 4 is 38.6 Å². The molecule has 0 amide bonds. The fourth-order valence-corrected chi connectivity index (χ4v) is 2.27. The van der Waals surface area contributed by atoms with Gasteiger partial charge in [-0.05, 0) is 46.3 Å².